The molecule has 162 valence electrons. The largest absolute Gasteiger partial charge is 0.483 e. The van der Waals surface area contributed by atoms with Gasteiger partial charge in [0, 0.05) is 12.6 Å². The van der Waals surface area contributed by atoms with Crippen molar-refractivity contribution in [2.75, 3.05) is 11.9 Å². The summed E-state index contributed by atoms with van der Waals surface area (Å²) in [5, 5.41) is 5.46. The number of nitrogens with one attached hydrogen (secondary N) is 2. The van der Waals surface area contributed by atoms with E-state index >= 15 is 0 Å². The Morgan fingerprint density at radius 3 is 2.60 bits per heavy atom. The lowest BCUT2D eigenvalue weighted by Gasteiger charge is -2.15. The minimum Gasteiger partial charge on any atom is -0.483 e. The molecule has 1 atom stereocenters. The predicted octanol–water partition coefficient (Wildman–Crippen LogP) is 4.04. The van der Waals surface area contributed by atoms with Crippen molar-refractivity contribution in [3.8, 4) is 5.75 Å². The van der Waals surface area contributed by atoms with Gasteiger partial charge < -0.3 is 15.4 Å². The lowest BCUT2D eigenvalue weighted by atomic mass is 10.1. The van der Waals surface area contributed by atoms with Gasteiger partial charge in [-0.25, -0.2) is 9.97 Å². The Hall–Kier alpha value is -3.17. The van der Waals surface area contributed by atoms with Crippen molar-refractivity contribution in [1.29, 1.82) is 0 Å². The number of carbonyl (C=O) groups is 2. The smallest absolute Gasteiger partial charge is 0.422 e. The number of nitrogens with zero attached hydrogens (tertiary/aromatic N) is 2. The zero-order chi connectivity index (χ0) is 22.1. The summed E-state index contributed by atoms with van der Waals surface area (Å²) >= 11 is 0. The van der Waals surface area contributed by atoms with Crippen LogP contribution in [0.1, 0.15) is 55.2 Å². The Bertz CT molecular complexity index is 857. The Morgan fingerprint density at radius 2 is 1.97 bits per heavy atom. The Kier molecular flexibility index (Phi) is 8.14. The first-order valence-corrected chi connectivity index (χ1v) is 9.40. The van der Waals surface area contributed by atoms with Crippen LogP contribution in [0.2, 0.25) is 0 Å². The summed E-state index contributed by atoms with van der Waals surface area (Å²) in [6.07, 6.45) is 0.228. The van der Waals surface area contributed by atoms with E-state index in [9.17, 15) is 22.8 Å². The summed E-state index contributed by atoms with van der Waals surface area (Å²) in [5.41, 5.74) is 0.748. The third-order valence-corrected chi connectivity index (χ3v) is 4.03. The molecule has 0 fully saturated rings. The molecule has 2 aromatic rings. The van der Waals surface area contributed by atoms with E-state index in [1.54, 1.807) is 19.1 Å². The van der Waals surface area contributed by atoms with Crippen LogP contribution < -0.4 is 15.4 Å². The summed E-state index contributed by atoms with van der Waals surface area (Å²) in [5.74, 6) is -0.334. The molecule has 0 aliphatic rings. The van der Waals surface area contributed by atoms with Gasteiger partial charge >= 0.3 is 6.18 Å². The summed E-state index contributed by atoms with van der Waals surface area (Å²) in [6, 6.07) is 5.47. The van der Waals surface area contributed by atoms with Gasteiger partial charge in [0.15, 0.2) is 6.61 Å². The number of aromatic nitrogens is 2. The second kappa shape index (κ2) is 10.6. The molecule has 0 aliphatic heterocycles. The SMILES string of the molecule is CCCCC(=O)Nc1cc(C(C)NC(=O)c2ccc(OCC(F)(F)F)cn2)ccn1. The molecule has 10 heteroatoms. The maximum Gasteiger partial charge on any atom is 0.422 e. The minimum absolute atomic E-state index is 0.0309. The molecule has 1 unspecified atom stereocenters. The number of amides is 2. The fourth-order valence-corrected chi connectivity index (χ4v) is 2.45. The van der Waals surface area contributed by atoms with E-state index in [1.807, 2.05) is 6.92 Å². The van der Waals surface area contributed by atoms with Gasteiger partial charge in [-0.1, -0.05) is 13.3 Å². The summed E-state index contributed by atoms with van der Waals surface area (Å²) in [6.45, 7) is 2.31. The van der Waals surface area contributed by atoms with E-state index < -0.39 is 24.7 Å². The fraction of sp³-hybridized carbons (Fsp3) is 0.400. The fourth-order valence-electron chi connectivity index (χ4n) is 2.45. The lowest BCUT2D eigenvalue weighted by molar-refractivity contribution is -0.153. The van der Waals surface area contributed by atoms with Crippen LogP contribution in [0.15, 0.2) is 36.7 Å². The molecule has 0 saturated heterocycles. The first-order valence-electron chi connectivity index (χ1n) is 9.40. The molecule has 0 aromatic carbocycles. The van der Waals surface area contributed by atoms with E-state index in [0.717, 1.165) is 19.0 Å². The zero-order valence-electron chi connectivity index (χ0n) is 16.6. The monoisotopic (exact) mass is 424 g/mol. The first-order chi connectivity index (χ1) is 14.2. The predicted molar refractivity (Wildman–Crippen MR) is 104 cm³/mol. The third-order valence-electron chi connectivity index (χ3n) is 4.03. The third kappa shape index (κ3) is 7.69. The van der Waals surface area contributed by atoms with Crippen LogP contribution in [0, 0.1) is 0 Å². The van der Waals surface area contributed by atoms with E-state index in [1.165, 1.54) is 18.3 Å². The molecule has 0 spiro atoms. The van der Waals surface area contributed by atoms with Gasteiger partial charge in [-0.2, -0.15) is 13.2 Å². The summed E-state index contributed by atoms with van der Waals surface area (Å²) in [4.78, 5) is 32.1. The molecule has 7 nitrogen and oxygen atoms in total. The van der Waals surface area contributed by atoms with E-state index in [-0.39, 0.29) is 17.4 Å². The van der Waals surface area contributed by atoms with E-state index in [0.29, 0.717) is 17.8 Å². The van der Waals surface area contributed by atoms with E-state index in [4.69, 9.17) is 0 Å². The molecular weight excluding hydrogens is 401 g/mol. The highest BCUT2D eigenvalue weighted by molar-refractivity contribution is 5.92. The Morgan fingerprint density at radius 1 is 1.20 bits per heavy atom. The van der Waals surface area contributed by atoms with Crippen molar-refractivity contribution in [3.63, 3.8) is 0 Å². The molecule has 2 amide bonds. The van der Waals surface area contributed by atoms with Gasteiger partial charge in [-0.3, -0.25) is 9.59 Å². The van der Waals surface area contributed by atoms with Gasteiger partial charge in [-0.15, -0.1) is 0 Å². The van der Waals surface area contributed by atoms with Gasteiger partial charge in [0.1, 0.15) is 17.3 Å². The molecule has 2 heterocycles. The number of halogens is 3. The molecule has 30 heavy (non-hydrogen) atoms. The highest BCUT2D eigenvalue weighted by Gasteiger charge is 2.28. The highest BCUT2D eigenvalue weighted by atomic mass is 19.4. The number of hydrogen-bond donors (Lipinski definition) is 2. The Balaban J connectivity index is 1.95. The molecule has 0 saturated carbocycles. The lowest BCUT2D eigenvalue weighted by Crippen LogP contribution is -2.27. The zero-order valence-corrected chi connectivity index (χ0v) is 16.6. The van der Waals surface area contributed by atoms with Crippen LogP contribution in [0.25, 0.3) is 0 Å². The van der Waals surface area contributed by atoms with Crippen LogP contribution >= 0.6 is 0 Å². The van der Waals surface area contributed by atoms with Crippen LogP contribution in [-0.4, -0.2) is 34.6 Å². The van der Waals surface area contributed by atoms with Crippen LogP contribution in [0.3, 0.4) is 0 Å². The molecule has 2 rings (SSSR count). The van der Waals surface area contributed by atoms with Gasteiger partial charge in [0.05, 0.1) is 12.2 Å². The second-order valence-corrected chi connectivity index (χ2v) is 6.60. The second-order valence-electron chi connectivity index (χ2n) is 6.60. The van der Waals surface area contributed by atoms with Crippen molar-refractivity contribution in [3.05, 3.63) is 47.9 Å². The Labute approximate surface area is 172 Å². The van der Waals surface area contributed by atoms with Crippen LogP contribution in [0.4, 0.5) is 19.0 Å². The number of carbonyl (C=O) groups excluding carboxylic acids is 2. The number of hydrogen-bond acceptors (Lipinski definition) is 5. The first kappa shape index (κ1) is 23.1. The molecule has 2 aromatic heterocycles. The van der Waals surface area contributed by atoms with E-state index in [2.05, 4.69) is 25.3 Å². The number of anilines is 1. The molecule has 2 N–H and O–H groups in total. The normalized spacial score (nSPS) is 12.2. The number of ether oxygens (including phenoxy) is 1. The van der Waals surface area contributed by atoms with Crippen molar-refractivity contribution >= 4 is 17.6 Å². The molecular formula is C20H23F3N4O3. The average molecular weight is 424 g/mol. The number of unbranched alkanes of at least 4 members (excludes halogenated alkanes) is 1. The molecule has 0 radical (unpaired) electrons. The molecule has 0 aliphatic carbocycles. The maximum absolute atomic E-state index is 12.4. The summed E-state index contributed by atoms with van der Waals surface area (Å²) < 4.78 is 41.1. The quantitative estimate of drug-likeness (QED) is 0.634. The van der Waals surface area contributed by atoms with Crippen LogP contribution in [0.5, 0.6) is 5.75 Å². The maximum atomic E-state index is 12.4. The number of alkyl halides is 3. The average Bonchev–Trinajstić information content (AvgIpc) is 2.70. The van der Waals surface area contributed by atoms with Crippen molar-refractivity contribution < 1.29 is 27.5 Å². The van der Waals surface area contributed by atoms with Gasteiger partial charge in [0.25, 0.3) is 5.91 Å². The standard InChI is InChI=1S/C20H23F3N4O3/c1-3-4-5-18(28)27-17-10-14(8-9-24-17)13(2)26-19(29)16-7-6-15(11-25-16)30-12-20(21,22)23/h6-11,13H,3-5,12H2,1-2H3,(H,26,29)(H,24,27,28). The summed E-state index contributed by atoms with van der Waals surface area (Å²) in [7, 11) is 0. The minimum atomic E-state index is -4.45. The number of pyridine rings is 2. The van der Waals surface area contributed by atoms with Gasteiger partial charge in [-0.05, 0) is 43.2 Å². The van der Waals surface area contributed by atoms with Gasteiger partial charge in [0.2, 0.25) is 5.91 Å². The topological polar surface area (TPSA) is 93.2 Å². The van der Waals surface area contributed by atoms with Crippen LogP contribution in [-0.2, 0) is 4.79 Å². The number of rotatable bonds is 9. The van der Waals surface area contributed by atoms with Crippen molar-refractivity contribution in [2.45, 2.75) is 45.3 Å². The van der Waals surface area contributed by atoms with Crippen molar-refractivity contribution in [1.82, 2.24) is 15.3 Å². The highest BCUT2D eigenvalue weighted by Crippen LogP contribution is 2.19. The molecule has 0 bridgehead atoms. The van der Waals surface area contributed by atoms with Crippen molar-refractivity contribution in [2.24, 2.45) is 0 Å².